The monoisotopic (exact) mass is 403 g/mol. The van der Waals surface area contributed by atoms with Gasteiger partial charge in [-0.1, -0.05) is 35.9 Å². The van der Waals surface area contributed by atoms with Crippen LogP contribution in [-0.4, -0.2) is 14.2 Å². The summed E-state index contributed by atoms with van der Waals surface area (Å²) in [4.78, 5) is 0. The number of aryl methyl sites for hydroxylation is 1. The molecule has 3 rings (SSSR count). The molecule has 3 aromatic carbocycles. The zero-order chi connectivity index (χ0) is 21.3. The van der Waals surface area contributed by atoms with E-state index in [9.17, 15) is 0 Å². The standard InChI is InChI=1S/C26H29NO3/c1-5-6-22-15-21(17-27-23-11-13-24(28-3)14-12-23)16-25(29-4)26(22)30-18-20-9-7-19(2)8-10-20/h5,7-16,27H,1,6,17-18H2,2-4H3. The summed E-state index contributed by atoms with van der Waals surface area (Å²) in [6.07, 6.45) is 2.59. The van der Waals surface area contributed by atoms with Crippen LogP contribution < -0.4 is 19.5 Å². The van der Waals surface area contributed by atoms with Crippen molar-refractivity contribution in [3.8, 4) is 17.2 Å². The molecule has 30 heavy (non-hydrogen) atoms. The van der Waals surface area contributed by atoms with Crippen molar-refractivity contribution in [2.45, 2.75) is 26.5 Å². The number of methoxy groups -OCH3 is 2. The first kappa shape index (κ1) is 21.3. The van der Waals surface area contributed by atoms with Crippen molar-refractivity contribution >= 4 is 5.69 Å². The first-order chi connectivity index (χ1) is 14.6. The van der Waals surface area contributed by atoms with E-state index in [1.54, 1.807) is 14.2 Å². The highest BCUT2D eigenvalue weighted by Crippen LogP contribution is 2.34. The molecule has 0 spiro atoms. The highest BCUT2D eigenvalue weighted by Gasteiger charge is 2.13. The van der Waals surface area contributed by atoms with Gasteiger partial charge >= 0.3 is 0 Å². The van der Waals surface area contributed by atoms with Gasteiger partial charge in [-0.15, -0.1) is 6.58 Å². The van der Waals surface area contributed by atoms with Crippen LogP contribution in [0.4, 0.5) is 5.69 Å². The Bertz CT molecular complexity index is 963. The van der Waals surface area contributed by atoms with Crippen LogP contribution in [0.5, 0.6) is 17.2 Å². The molecule has 0 aromatic heterocycles. The lowest BCUT2D eigenvalue weighted by Crippen LogP contribution is -2.05. The summed E-state index contributed by atoms with van der Waals surface area (Å²) < 4.78 is 17.0. The predicted octanol–water partition coefficient (Wildman–Crippen LogP) is 5.93. The molecule has 156 valence electrons. The van der Waals surface area contributed by atoms with E-state index in [0.717, 1.165) is 39.6 Å². The second kappa shape index (κ2) is 10.4. The van der Waals surface area contributed by atoms with Gasteiger partial charge in [0.25, 0.3) is 0 Å². The largest absolute Gasteiger partial charge is 0.497 e. The fourth-order valence-electron chi connectivity index (χ4n) is 3.20. The number of hydrogen-bond acceptors (Lipinski definition) is 4. The van der Waals surface area contributed by atoms with Gasteiger partial charge in [0.2, 0.25) is 0 Å². The van der Waals surface area contributed by atoms with Crippen LogP contribution in [-0.2, 0) is 19.6 Å². The van der Waals surface area contributed by atoms with Crippen molar-refractivity contribution < 1.29 is 14.2 Å². The Morgan fingerprint density at radius 1 is 0.900 bits per heavy atom. The number of anilines is 1. The van der Waals surface area contributed by atoms with Gasteiger partial charge in [0.05, 0.1) is 14.2 Å². The van der Waals surface area contributed by atoms with Crippen LogP contribution in [0, 0.1) is 6.92 Å². The maximum absolute atomic E-state index is 6.17. The first-order valence-electron chi connectivity index (χ1n) is 10.00. The summed E-state index contributed by atoms with van der Waals surface area (Å²) in [6, 6.07) is 20.4. The molecule has 0 atom stereocenters. The maximum atomic E-state index is 6.17. The second-order valence-corrected chi connectivity index (χ2v) is 7.14. The Morgan fingerprint density at radius 2 is 1.63 bits per heavy atom. The summed E-state index contributed by atoms with van der Waals surface area (Å²) in [5.41, 5.74) is 5.56. The molecule has 0 saturated carbocycles. The van der Waals surface area contributed by atoms with Crippen LogP contribution in [0.2, 0.25) is 0 Å². The van der Waals surface area contributed by atoms with Crippen LogP contribution in [0.15, 0.2) is 73.3 Å². The first-order valence-corrected chi connectivity index (χ1v) is 10.00. The molecule has 0 aliphatic carbocycles. The van der Waals surface area contributed by atoms with Gasteiger partial charge in [-0.3, -0.25) is 0 Å². The summed E-state index contributed by atoms with van der Waals surface area (Å²) >= 11 is 0. The molecule has 3 aromatic rings. The van der Waals surface area contributed by atoms with Gasteiger partial charge < -0.3 is 19.5 Å². The number of hydrogen-bond donors (Lipinski definition) is 1. The molecule has 0 fully saturated rings. The molecule has 1 N–H and O–H groups in total. The predicted molar refractivity (Wildman–Crippen MR) is 123 cm³/mol. The molecule has 0 heterocycles. The quantitative estimate of drug-likeness (QED) is 0.426. The van der Waals surface area contributed by atoms with E-state index in [1.807, 2.05) is 36.4 Å². The van der Waals surface area contributed by atoms with Crippen LogP contribution >= 0.6 is 0 Å². The second-order valence-electron chi connectivity index (χ2n) is 7.14. The molecule has 0 aliphatic heterocycles. The third kappa shape index (κ3) is 5.57. The van der Waals surface area contributed by atoms with Crippen LogP contribution in [0.1, 0.15) is 22.3 Å². The molecule has 4 nitrogen and oxygen atoms in total. The van der Waals surface area contributed by atoms with Crippen molar-refractivity contribution in [3.05, 3.63) is 95.6 Å². The highest BCUT2D eigenvalue weighted by atomic mass is 16.5. The molecule has 0 unspecified atom stereocenters. The third-order valence-electron chi connectivity index (χ3n) is 4.87. The minimum absolute atomic E-state index is 0.490. The van der Waals surface area contributed by atoms with E-state index in [2.05, 4.69) is 49.2 Å². The van der Waals surface area contributed by atoms with E-state index >= 15 is 0 Å². The topological polar surface area (TPSA) is 39.7 Å². The lowest BCUT2D eigenvalue weighted by molar-refractivity contribution is 0.281. The number of nitrogens with one attached hydrogen (secondary N) is 1. The number of rotatable bonds is 10. The zero-order valence-corrected chi connectivity index (χ0v) is 17.9. The summed E-state index contributed by atoms with van der Waals surface area (Å²) in [5, 5.41) is 3.44. The minimum Gasteiger partial charge on any atom is -0.497 e. The Labute approximate surface area is 179 Å². The Kier molecular flexibility index (Phi) is 7.39. The zero-order valence-electron chi connectivity index (χ0n) is 17.9. The van der Waals surface area contributed by atoms with Crippen molar-refractivity contribution in [1.82, 2.24) is 0 Å². The number of allylic oxidation sites excluding steroid dienone is 1. The number of benzene rings is 3. The average Bonchev–Trinajstić information content (AvgIpc) is 2.78. The van der Waals surface area contributed by atoms with Crippen molar-refractivity contribution in [2.24, 2.45) is 0 Å². The average molecular weight is 404 g/mol. The molecular formula is C26H29NO3. The summed E-state index contributed by atoms with van der Waals surface area (Å²) in [5.74, 6) is 2.34. The van der Waals surface area contributed by atoms with E-state index in [1.165, 1.54) is 5.56 Å². The smallest absolute Gasteiger partial charge is 0.165 e. The van der Waals surface area contributed by atoms with Crippen molar-refractivity contribution in [1.29, 1.82) is 0 Å². The lowest BCUT2D eigenvalue weighted by Gasteiger charge is -2.17. The third-order valence-corrected chi connectivity index (χ3v) is 4.87. The van der Waals surface area contributed by atoms with Gasteiger partial charge in [0.15, 0.2) is 11.5 Å². The van der Waals surface area contributed by atoms with E-state index in [0.29, 0.717) is 19.6 Å². The molecular weight excluding hydrogens is 374 g/mol. The SMILES string of the molecule is C=CCc1cc(CNc2ccc(OC)cc2)cc(OC)c1OCc1ccc(C)cc1. The fraction of sp³-hybridized carbons (Fsp3) is 0.231. The fourth-order valence-corrected chi connectivity index (χ4v) is 3.20. The molecule has 0 amide bonds. The Morgan fingerprint density at radius 3 is 2.27 bits per heavy atom. The highest BCUT2D eigenvalue weighted by molar-refractivity contribution is 5.52. The summed E-state index contributed by atoms with van der Waals surface area (Å²) in [7, 11) is 3.34. The lowest BCUT2D eigenvalue weighted by atomic mass is 10.0. The minimum atomic E-state index is 0.490. The maximum Gasteiger partial charge on any atom is 0.165 e. The molecule has 4 heteroatoms. The van der Waals surface area contributed by atoms with Gasteiger partial charge in [0, 0.05) is 17.8 Å². The van der Waals surface area contributed by atoms with Gasteiger partial charge in [0.1, 0.15) is 12.4 Å². The number of ether oxygens (including phenoxy) is 3. The van der Waals surface area contributed by atoms with E-state index in [4.69, 9.17) is 14.2 Å². The van der Waals surface area contributed by atoms with E-state index in [-0.39, 0.29) is 0 Å². The molecule has 0 bridgehead atoms. The molecule has 0 saturated heterocycles. The van der Waals surface area contributed by atoms with Gasteiger partial charge in [-0.05, 0) is 60.9 Å². The Hall–Kier alpha value is -3.40. The van der Waals surface area contributed by atoms with Crippen molar-refractivity contribution in [3.63, 3.8) is 0 Å². The normalized spacial score (nSPS) is 10.4. The van der Waals surface area contributed by atoms with Crippen LogP contribution in [0.25, 0.3) is 0 Å². The van der Waals surface area contributed by atoms with Gasteiger partial charge in [-0.2, -0.15) is 0 Å². The van der Waals surface area contributed by atoms with Gasteiger partial charge in [-0.25, -0.2) is 0 Å². The summed E-state index contributed by atoms with van der Waals surface area (Å²) in [6.45, 7) is 7.14. The Balaban J connectivity index is 1.77. The van der Waals surface area contributed by atoms with Crippen LogP contribution in [0.3, 0.4) is 0 Å². The van der Waals surface area contributed by atoms with Crippen molar-refractivity contribution in [2.75, 3.05) is 19.5 Å². The molecule has 0 aliphatic rings. The molecule has 0 radical (unpaired) electrons. The van der Waals surface area contributed by atoms with E-state index < -0.39 is 0 Å².